The zero-order chi connectivity index (χ0) is 10.6. The quantitative estimate of drug-likeness (QED) is 0.761. The lowest BCUT2D eigenvalue weighted by Gasteiger charge is -2.23. The van der Waals surface area contributed by atoms with Crippen LogP contribution in [0.4, 0.5) is 11.6 Å². The third-order valence-electron chi connectivity index (χ3n) is 2.04. The Morgan fingerprint density at radius 1 is 1.50 bits per heavy atom. The molecule has 78 valence electrons. The van der Waals surface area contributed by atoms with Crippen LogP contribution in [0, 0.1) is 0 Å². The van der Waals surface area contributed by atoms with E-state index in [1.165, 1.54) is 0 Å². The maximum Gasteiger partial charge on any atom is 0.225 e. The first kappa shape index (κ1) is 10.7. The van der Waals surface area contributed by atoms with E-state index < -0.39 is 0 Å². The molecule has 0 saturated carbocycles. The Hall–Kier alpha value is -1.36. The van der Waals surface area contributed by atoms with E-state index in [-0.39, 0.29) is 6.04 Å². The summed E-state index contributed by atoms with van der Waals surface area (Å²) in [4.78, 5) is 10.2. The molecule has 0 aliphatic rings. The number of anilines is 2. The largest absolute Gasteiger partial charge is 0.396 e. The third-order valence-corrected chi connectivity index (χ3v) is 2.04. The number of ether oxygens (including phenoxy) is 1. The van der Waals surface area contributed by atoms with Gasteiger partial charge in [-0.1, -0.05) is 0 Å². The molecule has 0 bridgehead atoms. The first-order chi connectivity index (χ1) is 6.65. The molecule has 0 amide bonds. The molecule has 14 heavy (non-hydrogen) atoms. The molecule has 0 aliphatic carbocycles. The van der Waals surface area contributed by atoms with Crippen molar-refractivity contribution in [2.24, 2.45) is 0 Å². The van der Waals surface area contributed by atoms with E-state index in [9.17, 15) is 0 Å². The second-order valence-corrected chi connectivity index (χ2v) is 3.23. The van der Waals surface area contributed by atoms with Gasteiger partial charge in [0.25, 0.3) is 0 Å². The molecule has 5 nitrogen and oxygen atoms in total. The number of rotatable bonds is 4. The Kier molecular flexibility index (Phi) is 3.64. The van der Waals surface area contributed by atoms with E-state index in [2.05, 4.69) is 9.97 Å². The zero-order valence-electron chi connectivity index (χ0n) is 8.77. The Morgan fingerprint density at radius 3 is 2.57 bits per heavy atom. The van der Waals surface area contributed by atoms with Gasteiger partial charge in [-0.3, -0.25) is 0 Å². The standard InChI is InChI=1S/C9H16N4O/c1-7(6-14-3)13(2)9-11-4-8(10)5-12-9/h4-5,7H,6,10H2,1-3H3. The van der Waals surface area contributed by atoms with E-state index >= 15 is 0 Å². The first-order valence-electron chi connectivity index (χ1n) is 4.44. The molecule has 1 aromatic heterocycles. The minimum Gasteiger partial charge on any atom is -0.396 e. The second kappa shape index (κ2) is 4.76. The van der Waals surface area contributed by atoms with Gasteiger partial charge in [0.15, 0.2) is 0 Å². The summed E-state index contributed by atoms with van der Waals surface area (Å²) >= 11 is 0. The SMILES string of the molecule is COCC(C)N(C)c1ncc(N)cn1. The van der Waals surface area contributed by atoms with E-state index in [1.54, 1.807) is 19.5 Å². The van der Waals surface area contributed by atoms with Crippen molar-refractivity contribution >= 4 is 11.6 Å². The lowest BCUT2D eigenvalue weighted by molar-refractivity contribution is 0.183. The van der Waals surface area contributed by atoms with Crippen molar-refractivity contribution < 1.29 is 4.74 Å². The van der Waals surface area contributed by atoms with Gasteiger partial charge in [-0.05, 0) is 6.92 Å². The topological polar surface area (TPSA) is 64.3 Å². The average molecular weight is 196 g/mol. The van der Waals surface area contributed by atoms with Crippen LogP contribution in [0.5, 0.6) is 0 Å². The fourth-order valence-corrected chi connectivity index (χ4v) is 1.06. The summed E-state index contributed by atoms with van der Waals surface area (Å²) in [6.07, 6.45) is 3.19. The summed E-state index contributed by atoms with van der Waals surface area (Å²) in [6, 6.07) is 0.239. The van der Waals surface area contributed by atoms with Gasteiger partial charge in [-0.2, -0.15) is 0 Å². The number of hydrogen-bond acceptors (Lipinski definition) is 5. The summed E-state index contributed by atoms with van der Waals surface area (Å²) in [5.74, 6) is 0.656. The molecule has 1 rings (SSSR count). The molecule has 2 N–H and O–H groups in total. The second-order valence-electron chi connectivity index (χ2n) is 3.23. The van der Waals surface area contributed by atoms with Crippen molar-refractivity contribution in [2.75, 3.05) is 31.4 Å². The highest BCUT2D eigenvalue weighted by molar-refractivity contribution is 5.37. The highest BCUT2D eigenvalue weighted by atomic mass is 16.5. The molecule has 0 radical (unpaired) electrons. The highest BCUT2D eigenvalue weighted by Gasteiger charge is 2.11. The fourth-order valence-electron chi connectivity index (χ4n) is 1.06. The van der Waals surface area contributed by atoms with Gasteiger partial charge in [0.1, 0.15) is 0 Å². The van der Waals surface area contributed by atoms with Gasteiger partial charge in [0, 0.05) is 14.2 Å². The van der Waals surface area contributed by atoms with Crippen LogP contribution in [0.15, 0.2) is 12.4 Å². The van der Waals surface area contributed by atoms with Crippen molar-refractivity contribution in [3.63, 3.8) is 0 Å². The third kappa shape index (κ3) is 2.56. The minimum atomic E-state index is 0.239. The Morgan fingerprint density at radius 2 is 2.07 bits per heavy atom. The predicted molar refractivity (Wildman–Crippen MR) is 56.2 cm³/mol. The van der Waals surface area contributed by atoms with Crippen LogP contribution in [0.1, 0.15) is 6.92 Å². The van der Waals surface area contributed by atoms with Crippen LogP contribution < -0.4 is 10.6 Å². The first-order valence-corrected chi connectivity index (χ1v) is 4.44. The smallest absolute Gasteiger partial charge is 0.225 e. The highest BCUT2D eigenvalue weighted by Crippen LogP contribution is 2.09. The molecule has 1 aromatic rings. The van der Waals surface area contributed by atoms with Crippen LogP contribution in [0.25, 0.3) is 0 Å². The summed E-state index contributed by atoms with van der Waals surface area (Å²) in [7, 11) is 3.60. The molecular formula is C9H16N4O. The molecule has 0 fully saturated rings. The van der Waals surface area contributed by atoms with Crippen LogP contribution in [0.3, 0.4) is 0 Å². The van der Waals surface area contributed by atoms with E-state index in [0.29, 0.717) is 18.2 Å². The summed E-state index contributed by atoms with van der Waals surface area (Å²) in [5.41, 5.74) is 6.06. The molecule has 0 spiro atoms. The average Bonchev–Trinajstić information content (AvgIpc) is 2.18. The number of aromatic nitrogens is 2. The number of nitrogen functional groups attached to an aromatic ring is 1. The van der Waals surface area contributed by atoms with Crippen LogP contribution in [-0.4, -0.2) is 36.8 Å². The van der Waals surface area contributed by atoms with Gasteiger partial charge >= 0.3 is 0 Å². The fraction of sp³-hybridized carbons (Fsp3) is 0.556. The van der Waals surface area contributed by atoms with Crippen molar-refractivity contribution in [1.82, 2.24) is 9.97 Å². The van der Waals surface area contributed by atoms with Crippen LogP contribution in [-0.2, 0) is 4.74 Å². The summed E-state index contributed by atoms with van der Waals surface area (Å²) in [6.45, 7) is 2.69. The normalized spacial score (nSPS) is 12.5. The predicted octanol–water partition coefficient (Wildman–Crippen LogP) is 0.530. The van der Waals surface area contributed by atoms with E-state index in [1.807, 2.05) is 18.9 Å². The molecule has 5 heteroatoms. The molecule has 1 atom stereocenters. The maximum atomic E-state index is 5.49. The van der Waals surface area contributed by atoms with Crippen molar-refractivity contribution in [2.45, 2.75) is 13.0 Å². The number of nitrogens with zero attached hydrogens (tertiary/aromatic N) is 3. The number of methoxy groups -OCH3 is 1. The van der Waals surface area contributed by atoms with Gasteiger partial charge in [-0.15, -0.1) is 0 Å². The van der Waals surface area contributed by atoms with Gasteiger partial charge in [0.2, 0.25) is 5.95 Å². The molecule has 1 unspecified atom stereocenters. The number of hydrogen-bond donors (Lipinski definition) is 1. The number of likely N-dealkylation sites (N-methyl/N-ethyl adjacent to an activating group) is 1. The van der Waals surface area contributed by atoms with Gasteiger partial charge < -0.3 is 15.4 Å². The lowest BCUT2D eigenvalue weighted by Crippen LogP contribution is -2.33. The van der Waals surface area contributed by atoms with Crippen LogP contribution in [0.2, 0.25) is 0 Å². The van der Waals surface area contributed by atoms with Crippen LogP contribution >= 0.6 is 0 Å². The molecule has 1 heterocycles. The summed E-state index contributed by atoms with van der Waals surface area (Å²) < 4.78 is 5.05. The van der Waals surface area contributed by atoms with E-state index in [4.69, 9.17) is 10.5 Å². The van der Waals surface area contributed by atoms with Crippen molar-refractivity contribution in [1.29, 1.82) is 0 Å². The Bertz CT molecular complexity index is 275. The molecular weight excluding hydrogens is 180 g/mol. The Balaban J connectivity index is 2.68. The van der Waals surface area contributed by atoms with Crippen molar-refractivity contribution in [3.8, 4) is 0 Å². The lowest BCUT2D eigenvalue weighted by atomic mass is 10.3. The molecule has 0 saturated heterocycles. The van der Waals surface area contributed by atoms with Gasteiger partial charge in [-0.25, -0.2) is 9.97 Å². The Labute approximate surface area is 83.9 Å². The number of nitrogens with two attached hydrogens (primary N) is 1. The summed E-state index contributed by atoms with van der Waals surface area (Å²) in [5, 5.41) is 0. The molecule has 0 aromatic carbocycles. The minimum absolute atomic E-state index is 0.239. The maximum absolute atomic E-state index is 5.49. The molecule has 0 aliphatic heterocycles. The monoisotopic (exact) mass is 196 g/mol. The zero-order valence-corrected chi connectivity index (χ0v) is 8.77. The van der Waals surface area contributed by atoms with Crippen molar-refractivity contribution in [3.05, 3.63) is 12.4 Å². The van der Waals surface area contributed by atoms with Gasteiger partial charge in [0.05, 0.1) is 30.7 Å². The van der Waals surface area contributed by atoms with E-state index in [0.717, 1.165) is 0 Å².